The summed E-state index contributed by atoms with van der Waals surface area (Å²) in [6.45, 7) is -1.18. The SMILES string of the molecule is Cc1ccc(-c2cc(C(=O)Nc3ccc(OC(F)F)c(Cl)c3)n[nH]2)o1. The van der Waals surface area contributed by atoms with E-state index in [2.05, 4.69) is 20.3 Å². The second-order valence-electron chi connectivity index (χ2n) is 5.05. The van der Waals surface area contributed by atoms with E-state index in [4.69, 9.17) is 16.0 Å². The van der Waals surface area contributed by atoms with E-state index >= 15 is 0 Å². The molecule has 0 saturated carbocycles. The average Bonchev–Trinajstić information content (AvgIpc) is 3.18. The minimum Gasteiger partial charge on any atom is -0.460 e. The Hall–Kier alpha value is -2.87. The minimum atomic E-state index is -2.98. The Bertz CT molecular complexity index is 908. The molecule has 0 unspecified atom stereocenters. The van der Waals surface area contributed by atoms with Gasteiger partial charge in [-0.25, -0.2) is 0 Å². The van der Waals surface area contributed by atoms with Crippen LogP contribution < -0.4 is 10.1 Å². The summed E-state index contributed by atoms with van der Waals surface area (Å²) in [6.07, 6.45) is 0. The smallest absolute Gasteiger partial charge is 0.387 e. The lowest BCUT2D eigenvalue weighted by atomic mass is 10.2. The summed E-state index contributed by atoms with van der Waals surface area (Å²) in [5, 5.41) is 9.15. The number of benzene rings is 1. The molecular formula is C16H12ClF2N3O3. The van der Waals surface area contributed by atoms with Crippen LogP contribution in [0, 0.1) is 6.92 Å². The van der Waals surface area contributed by atoms with Crippen molar-refractivity contribution in [2.24, 2.45) is 0 Å². The van der Waals surface area contributed by atoms with Gasteiger partial charge < -0.3 is 14.5 Å². The number of hydrogen-bond donors (Lipinski definition) is 2. The van der Waals surface area contributed by atoms with Crippen molar-refractivity contribution in [2.75, 3.05) is 5.32 Å². The third-order valence-electron chi connectivity index (χ3n) is 3.22. The zero-order valence-electron chi connectivity index (χ0n) is 12.8. The molecule has 0 radical (unpaired) electrons. The van der Waals surface area contributed by atoms with Gasteiger partial charge in [-0.15, -0.1) is 0 Å². The van der Waals surface area contributed by atoms with Crippen molar-refractivity contribution in [1.82, 2.24) is 10.2 Å². The Morgan fingerprint density at radius 1 is 1.32 bits per heavy atom. The number of aromatic nitrogens is 2. The molecule has 0 bridgehead atoms. The van der Waals surface area contributed by atoms with Gasteiger partial charge in [-0.05, 0) is 37.3 Å². The molecule has 0 atom stereocenters. The number of aryl methyl sites for hydroxylation is 1. The predicted octanol–water partition coefficient (Wildman–Crippen LogP) is 4.49. The first-order chi connectivity index (χ1) is 11.9. The largest absolute Gasteiger partial charge is 0.460 e. The van der Waals surface area contributed by atoms with Crippen LogP contribution in [0.3, 0.4) is 0 Å². The topological polar surface area (TPSA) is 80.1 Å². The van der Waals surface area contributed by atoms with E-state index in [0.29, 0.717) is 17.1 Å². The third kappa shape index (κ3) is 3.97. The number of H-pyrrole nitrogens is 1. The molecule has 3 rings (SSSR count). The molecule has 2 heterocycles. The van der Waals surface area contributed by atoms with Gasteiger partial charge in [-0.3, -0.25) is 9.89 Å². The zero-order chi connectivity index (χ0) is 18.0. The maximum atomic E-state index is 12.2. The van der Waals surface area contributed by atoms with Crippen LogP contribution in [0.15, 0.2) is 40.8 Å². The highest BCUT2D eigenvalue weighted by Gasteiger charge is 2.15. The number of hydrogen-bond acceptors (Lipinski definition) is 4. The van der Waals surface area contributed by atoms with Crippen LogP contribution in [0.5, 0.6) is 5.75 Å². The van der Waals surface area contributed by atoms with Gasteiger partial charge in [0.05, 0.1) is 5.02 Å². The first-order valence-corrected chi connectivity index (χ1v) is 7.48. The summed E-state index contributed by atoms with van der Waals surface area (Å²) in [5.41, 5.74) is 1.00. The summed E-state index contributed by atoms with van der Waals surface area (Å²) < 4.78 is 34.1. The molecule has 1 aromatic carbocycles. The quantitative estimate of drug-likeness (QED) is 0.696. The second kappa shape index (κ2) is 6.94. The van der Waals surface area contributed by atoms with Gasteiger partial charge in [0.25, 0.3) is 5.91 Å². The summed E-state index contributed by atoms with van der Waals surface area (Å²) >= 11 is 5.85. The summed E-state index contributed by atoms with van der Waals surface area (Å²) in [4.78, 5) is 12.2. The van der Waals surface area contributed by atoms with E-state index in [0.717, 1.165) is 5.76 Å². The molecule has 0 aliphatic heterocycles. The molecule has 2 N–H and O–H groups in total. The van der Waals surface area contributed by atoms with Gasteiger partial charge in [0, 0.05) is 11.8 Å². The van der Waals surface area contributed by atoms with Gasteiger partial charge in [0.1, 0.15) is 17.2 Å². The van der Waals surface area contributed by atoms with Crippen LogP contribution in [-0.2, 0) is 0 Å². The highest BCUT2D eigenvalue weighted by atomic mass is 35.5. The Morgan fingerprint density at radius 2 is 2.12 bits per heavy atom. The lowest BCUT2D eigenvalue weighted by Gasteiger charge is -2.08. The number of anilines is 1. The number of nitrogens with zero attached hydrogens (tertiary/aromatic N) is 1. The number of furan rings is 1. The van der Waals surface area contributed by atoms with Crippen molar-refractivity contribution in [3.63, 3.8) is 0 Å². The van der Waals surface area contributed by atoms with Gasteiger partial charge in [0.15, 0.2) is 11.5 Å². The Morgan fingerprint density at radius 3 is 2.76 bits per heavy atom. The molecule has 2 aromatic heterocycles. The van der Waals surface area contributed by atoms with Crippen LogP contribution in [0.1, 0.15) is 16.2 Å². The molecule has 0 aliphatic rings. The Labute approximate surface area is 145 Å². The third-order valence-corrected chi connectivity index (χ3v) is 3.52. The molecule has 1 amide bonds. The van der Waals surface area contributed by atoms with Gasteiger partial charge >= 0.3 is 6.61 Å². The minimum absolute atomic E-state index is 0.0492. The maximum absolute atomic E-state index is 12.2. The van der Waals surface area contributed by atoms with E-state index in [1.54, 1.807) is 19.1 Å². The molecular weight excluding hydrogens is 356 g/mol. The van der Waals surface area contributed by atoms with E-state index in [9.17, 15) is 13.6 Å². The molecule has 3 aromatic rings. The summed E-state index contributed by atoms with van der Waals surface area (Å²) in [7, 11) is 0. The molecule has 25 heavy (non-hydrogen) atoms. The van der Waals surface area contributed by atoms with E-state index in [-0.39, 0.29) is 16.5 Å². The fourth-order valence-electron chi connectivity index (χ4n) is 2.11. The fraction of sp³-hybridized carbons (Fsp3) is 0.125. The number of nitrogens with one attached hydrogen (secondary N) is 2. The fourth-order valence-corrected chi connectivity index (χ4v) is 2.33. The zero-order valence-corrected chi connectivity index (χ0v) is 13.6. The van der Waals surface area contributed by atoms with E-state index in [1.165, 1.54) is 24.3 Å². The molecule has 0 spiro atoms. The summed E-state index contributed by atoms with van der Waals surface area (Å²) in [5.74, 6) is 0.617. The number of ether oxygens (including phenoxy) is 1. The Kier molecular flexibility index (Phi) is 4.71. The van der Waals surface area contributed by atoms with E-state index in [1.807, 2.05) is 0 Å². The molecule has 0 fully saturated rings. The molecule has 0 saturated heterocycles. The van der Waals surface area contributed by atoms with Crippen molar-refractivity contribution in [2.45, 2.75) is 13.5 Å². The highest BCUT2D eigenvalue weighted by Crippen LogP contribution is 2.29. The number of rotatable bonds is 5. The van der Waals surface area contributed by atoms with Crippen molar-refractivity contribution in [3.8, 4) is 17.2 Å². The van der Waals surface area contributed by atoms with Crippen molar-refractivity contribution in [3.05, 3.63) is 52.9 Å². The number of amides is 1. The predicted molar refractivity (Wildman–Crippen MR) is 87.1 cm³/mol. The summed E-state index contributed by atoms with van der Waals surface area (Å²) in [6, 6.07) is 9.02. The standard InChI is InChI=1S/C16H12ClF2N3O3/c1-8-2-4-14(24-8)11-7-12(22-21-11)15(23)20-9-3-5-13(10(17)6-9)25-16(18)19/h2-7,16H,1H3,(H,20,23)(H,21,22). The highest BCUT2D eigenvalue weighted by molar-refractivity contribution is 6.32. The number of aromatic amines is 1. The van der Waals surface area contributed by atoms with Gasteiger partial charge in [-0.1, -0.05) is 11.6 Å². The molecule has 9 heteroatoms. The second-order valence-corrected chi connectivity index (χ2v) is 5.46. The van der Waals surface area contributed by atoms with E-state index < -0.39 is 12.5 Å². The van der Waals surface area contributed by atoms with Crippen LogP contribution in [0.25, 0.3) is 11.5 Å². The lowest BCUT2D eigenvalue weighted by molar-refractivity contribution is -0.0497. The van der Waals surface area contributed by atoms with Crippen LogP contribution in [-0.4, -0.2) is 22.7 Å². The van der Waals surface area contributed by atoms with Crippen LogP contribution >= 0.6 is 11.6 Å². The van der Waals surface area contributed by atoms with Crippen molar-refractivity contribution in [1.29, 1.82) is 0 Å². The molecule has 130 valence electrons. The maximum Gasteiger partial charge on any atom is 0.387 e. The van der Waals surface area contributed by atoms with Gasteiger partial charge in [0.2, 0.25) is 0 Å². The van der Waals surface area contributed by atoms with Crippen molar-refractivity contribution >= 4 is 23.2 Å². The number of carbonyl (C=O) groups is 1. The normalized spacial score (nSPS) is 10.9. The number of alkyl halides is 2. The van der Waals surface area contributed by atoms with Crippen molar-refractivity contribution < 1.29 is 22.7 Å². The average molecular weight is 368 g/mol. The van der Waals surface area contributed by atoms with Crippen LogP contribution in [0.2, 0.25) is 5.02 Å². The lowest BCUT2D eigenvalue weighted by Crippen LogP contribution is -2.12. The first kappa shape index (κ1) is 17.0. The van der Waals surface area contributed by atoms with Crippen LogP contribution in [0.4, 0.5) is 14.5 Å². The number of carbonyl (C=O) groups excluding carboxylic acids is 1. The monoisotopic (exact) mass is 367 g/mol. The first-order valence-electron chi connectivity index (χ1n) is 7.10. The molecule has 0 aliphatic carbocycles. The molecule has 6 nitrogen and oxygen atoms in total. The number of halogens is 3. The van der Waals surface area contributed by atoms with Gasteiger partial charge in [-0.2, -0.15) is 13.9 Å². The Balaban J connectivity index is 1.72.